The molecule has 3 nitrogen and oxygen atoms in total. The van der Waals surface area contributed by atoms with E-state index in [1.807, 2.05) is 78.9 Å². The van der Waals surface area contributed by atoms with Gasteiger partial charge in [-0.2, -0.15) is 0 Å². The first-order valence-corrected chi connectivity index (χ1v) is 10.2. The van der Waals surface area contributed by atoms with Crippen LogP contribution >= 0.6 is 15.9 Å². The van der Waals surface area contributed by atoms with E-state index in [4.69, 9.17) is 4.74 Å². The van der Waals surface area contributed by atoms with Gasteiger partial charge in [0, 0.05) is 4.47 Å². The van der Waals surface area contributed by atoms with Gasteiger partial charge in [-0.15, -0.1) is 0 Å². The largest absolute Gasteiger partial charge is 0.483 e. The number of ether oxygens (including phenoxy) is 1. The summed E-state index contributed by atoms with van der Waals surface area (Å²) in [4.78, 5) is 12.7. The van der Waals surface area contributed by atoms with Crippen LogP contribution in [0.5, 0.6) is 5.75 Å². The fraction of sp³-hybridized carbons (Fsp3) is 0.208. The highest BCUT2D eigenvalue weighted by Crippen LogP contribution is 2.29. The molecule has 0 fully saturated rings. The van der Waals surface area contributed by atoms with Crippen LogP contribution in [0.4, 0.5) is 0 Å². The molecular weight excluding hydrogens is 414 g/mol. The van der Waals surface area contributed by atoms with Gasteiger partial charge >= 0.3 is 0 Å². The maximum absolute atomic E-state index is 12.7. The molecule has 0 bridgehead atoms. The first kappa shape index (κ1) is 20.2. The lowest BCUT2D eigenvalue weighted by Gasteiger charge is -2.20. The standard InChI is InChI=1S/C24H24BrNO2/c1-17(2)21-15-20(25)13-14-22(21)28-16-23(27)26-24(18-9-5-3-6-10-18)19-11-7-4-8-12-19/h3-15,17,24H,16H2,1-2H3,(H,26,27). The molecule has 0 saturated heterocycles. The zero-order chi connectivity index (χ0) is 19.9. The summed E-state index contributed by atoms with van der Waals surface area (Å²) in [5, 5.41) is 3.11. The van der Waals surface area contributed by atoms with Crippen LogP contribution in [0.15, 0.2) is 83.3 Å². The maximum Gasteiger partial charge on any atom is 0.258 e. The lowest BCUT2D eigenvalue weighted by Crippen LogP contribution is -2.33. The molecule has 0 atom stereocenters. The molecule has 3 aromatic rings. The summed E-state index contributed by atoms with van der Waals surface area (Å²) in [6.45, 7) is 4.18. The van der Waals surface area contributed by atoms with Crippen molar-refractivity contribution in [3.05, 3.63) is 100 Å². The molecular formula is C24H24BrNO2. The van der Waals surface area contributed by atoms with Crippen molar-refractivity contribution in [3.63, 3.8) is 0 Å². The van der Waals surface area contributed by atoms with Crippen LogP contribution in [0.25, 0.3) is 0 Å². The first-order chi connectivity index (χ1) is 13.5. The monoisotopic (exact) mass is 437 g/mol. The summed E-state index contributed by atoms with van der Waals surface area (Å²) < 4.78 is 6.86. The number of rotatable bonds is 7. The molecule has 1 N–H and O–H groups in total. The van der Waals surface area contributed by atoms with E-state index in [9.17, 15) is 4.79 Å². The molecule has 144 valence electrons. The van der Waals surface area contributed by atoms with E-state index in [-0.39, 0.29) is 18.6 Å². The summed E-state index contributed by atoms with van der Waals surface area (Å²) in [6.07, 6.45) is 0. The third-order valence-electron chi connectivity index (χ3n) is 4.52. The Kier molecular flexibility index (Phi) is 6.88. The molecule has 3 aromatic carbocycles. The number of amides is 1. The Labute approximate surface area is 174 Å². The molecule has 0 heterocycles. The average molecular weight is 438 g/mol. The molecule has 0 aromatic heterocycles. The van der Waals surface area contributed by atoms with Gasteiger partial charge in [-0.25, -0.2) is 0 Å². The van der Waals surface area contributed by atoms with Crippen LogP contribution in [0.2, 0.25) is 0 Å². The van der Waals surface area contributed by atoms with Crippen LogP contribution < -0.4 is 10.1 Å². The first-order valence-electron chi connectivity index (χ1n) is 9.36. The summed E-state index contributed by atoms with van der Waals surface area (Å²) in [5.41, 5.74) is 3.15. The quantitative estimate of drug-likeness (QED) is 0.502. The van der Waals surface area contributed by atoms with Gasteiger partial charge in [0.2, 0.25) is 0 Å². The van der Waals surface area contributed by atoms with E-state index in [0.717, 1.165) is 26.9 Å². The van der Waals surface area contributed by atoms with Crippen LogP contribution in [-0.2, 0) is 4.79 Å². The van der Waals surface area contributed by atoms with Crippen molar-refractivity contribution in [3.8, 4) is 5.75 Å². The molecule has 0 saturated carbocycles. The van der Waals surface area contributed by atoms with Gasteiger partial charge in [0.1, 0.15) is 5.75 Å². The maximum atomic E-state index is 12.7. The molecule has 0 radical (unpaired) electrons. The number of carbonyl (C=O) groups is 1. The highest BCUT2D eigenvalue weighted by atomic mass is 79.9. The molecule has 4 heteroatoms. The number of nitrogens with one attached hydrogen (secondary N) is 1. The lowest BCUT2D eigenvalue weighted by atomic mass is 9.99. The van der Waals surface area contributed by atoms with Crippen molar-refractivity contribution < 1.29 is 9.53 Å². The molecule has 0 spiro atoms. The molecule has 0 unspecified atom stereocenters. The van der Waals surface area contributed by atoms with Gasteiger partial charge in [-0.05, 0) is 40.8 Å². The number of hydrogen-bond donors (Lipinski definition) is 1. The normalized spacial score (nSPS) is 10.9. The van der Waals surface area contributed by atoms with E-state index in [1.54, 1.807) is 0 Å². The smallest absolute Gasteiger partial charge is 0.258 e. The van der Waals surface area contributed by atoms with Gasteiger partial charge in [0.05, 0.1) is 6.04 Å². The molecule has 28 heavy (non-hydrogen) atoms. The Hall–Kier alpha value is -2.59. The van der Waals surface area contributed by atoms with E-state index in [1.165, 1.54) is 0 Å². The highest BCUT2D eigenvalue weighted by molar-refractivity contribution is 9.10. The van der Waals surface area contributed by atoms with Crippen molar-refractivity contribution in [2.24, 2.45) is 0 Å². The zero-order valence-electron chi connectivity index (χ0n) is 16.1. The third kappa shape index (κ3) is 5.23. The minimum Gasteiger partial charge on any atom is -0.483 e. The van der Waals surface area contributed by atoms with Crippen LogP contribution in [-0.4, -0.2) is 12.5 Å². The van der Waals surface area contributed by atoms with E-state index < -0.39 is 0 Å². The minimum atomic E-state index is -0.215. The van der Waals surface area contributed by atoms with Crippen molar-refractivity contribution in [2.45, 2.75) is 25.8 Å². The number of halogens is 1. The Morgan fingerprint density at radius 1 is 0.929 bits per heavy atom. The summed E-state index contributed by atoms with van der Waals surface area (Å²) in [6, 6.07) is 25.6. The zero-order valence-corrected chi connectivity index (χ0v) is 17.6. The SMILES string of the molecule is CC(C)c1cc(Br)ccc1OCC(=O)NC(c1ccccc1)c1ccccc1. The van der Waals surface area contributed by atoms with Gasteiger partial charge in [-0.3, -0.25) is 4.79 Å². The van der Waals surface area contributed by atoms with Gasteiger partial charge in [-0.1, -0.05) is 90.4 Å². The predicted octanol–water partition coefficient (Wildman–Crippen LogP) is 5.86. The van der Waals surface area contributed by atoms with Crippen molar-refractivity contribution in [1.29, 1.82) is 0 Å². The summed E-state index contributed by atoms with van der Waals surface area (Å²) in [7, 11) is 0. The second-order valence-electron chi connectivity index (χ2n) is 6.95. The van der Waals surface area contributed by atoms with Gasteiger partial charge in [0.25, 0.3) is 5.91 Å². The van der Waals surface area contributed by atoms with Crippen molar-refractivity contribution >= 4 is 21.8 Å². The molecule has 1 amide bonds. The average Bonchev–Trinajstić information content (AvgIpc) is 2.72. The molecule has 0 aliphatic heterocycles. The predicted molar refractivity (Wildman–Crippen MR) is 117 cm³/mol. The van der Waals surface area contributed by atoms with Crippen LogP contribution in [0.1, 0.15) is 42.5 Å². The Morgan fingerprint density at radius 2 is 1.50 bits per heavy atom. The van der Waals surface area contributed by atoms with Gasteiger partial charge in [0.15, 0.2) is 6.61 Å². The Morgan fingerprint density at radius 3 is 2.04 bits per heavy atom. The van der Waals surface area contributed by atoms with Crippen molar-refractivity contribution in [2.75, 3.05) is 6.61 Å². The second kappa shape index (κ2) is 9.56. The van der Waals surface area contributed by atoms with Crippen LogP contribution in [0.3, 0.4) is 0 Å². The summed E-state index contributed by atoms with van der Waals surface area (Å²) >= 11 is 3.49. The lowest BCUT2D eigenvalue weighted by molar-refractivity contribution is -0.123. The third-order valence-corrected chi connectivity index (χ3v) is 5.02. The van der Waals surface area contributed by atoms with Gasteiger partial charge < -0.3 is 10.1 Å². The fourth-order valence-corrected chi connectivity index (χ4v) is 3.48. The van der Waals surface area contributed by atoms with E-state index in [2.05, 4.69) is 35.1 Å². The fourth-order valence-electron chi connectivity index (χ4n) is 3.10. The topological polar surface area (TPSA) is 38.3 Å². The van der Waals surface area contributed by atoms with Crippen LogP contribution in [0, 0.1) is 0 Å². The van der Waals surface area contributed by atoms with E-state index >= 15 is 0 Å². The molecule has 3 rings (SSSR count). The summed E-state index contributed by atoms with van der Waals surface area (Å²) in [5.74, 6) is 0.886. The Bertz CT molecular complexity index is 871. The highest BCUT2D eigenvalue weighted by Gasteiger charge is 2.17. The number of hydrogen-bond acceptors (Lipinski definition) is 2. The number of carbonyl (C=O) groups excluding carboxylic acids is 1. The van der Waals surface area contributed by atoms with Crippen molar-refractivity contribution in [1.82, 2.24) is 5.32 Å². The Balaban J connectivity index is 1.73. The molecule has 0 aliphatic rings. The van der Waals surface area contributed by atoms with E-state index in [0.29, 0.717) is 5.92 Å². The molecule has 0 aliphatic carbocycles. The second-order valence-corrected chi connectivity index (χ2v) is 7.86. The number of benzene rings is 3. The minimum absolute atomic E-state index is 0.0302.